The first-order valence-corrected chi connectivity index (χ1v) is 7.25. The van der Waals surface area contributed by atoms with Gasteiger partial charge in [0.1, 0.15) is 0 Å². The van der Waals surface area contributed by atoms with Gasteiger partial charge in [0, 0.05) is 16.1 Å². The Bertz CT molecular complexity index is 613. The normalized spacial score (nSPS) is 12.2. The summed E-state index contributed by atoms with van der Waals surface area (Å²) >= 11 is 12.1. The second-order valence-electron chi connectivity index (χ2n) is 4.68. The van der Waals surface area contributed by atoms with Gasteiger partial charge >= 0.3 is 0 Å². The average Bonchev–Trinajstić information content (AvgIpc) is 2.45. The van der Waals surface area contributed by atoms with Gasteiger partial charge in [-0.1, -0.05) is 35.3 Å². The van der Waals surface area contributed by atoms with Crippen molar-refractivity contribution in [3.05, 3.63) is 63.4 Å². The van der Waals surface area contributed by atoms with Crippen LogP contribution in [0, 0.1) is 5.82 Å². The van der Waals surface area contributed by atoms with E-state index < -0.39 is 0 Å². The van der Waals surface area contributed by atoms with E-state index in [-0.39, 0.29) is 17.6 Å². The third-order valence-corrected chi connectivity index (χ3v) is 3.76. The molecule has 0 saturated heterocycles. The van der Waals surface area contributed by atoms with E-state index in [4.69, 9.17) is 27.9 Å². The highest BCUT2D eigenvalue weighted by Gasteiger charge is 2.16. The summed E-state index contributed by atoms with van der Waals surface area (Å²) in [6, 6.07) is 10.3. The molecule has 21 heavy (non-hydrogen) atoms. The van der Waals surface area contributed by atoms with Crippen molar-refractivity contribution in [2.75, 3.05) is 14.2 Å². The first kappa shape index (κ1) is 16.1. The average molecular weight is 328 g/mol. The van der Waals surface area contributed by atoms with Crippen molar-refractivity contribution in [3.63, 3.8) is 0 Å². The lowest BCUT2D eigenvalue weighted by Gasteiger charge is -2.18. The zero-order valence-corrected chi connectivity index (χ0v) is 13.3. The topological polar surface area (TPSA) is 21.3 Å². The molecule has 0 spiro atoms. The molecule has 1 atom stereocenters. The van der Waals surface area contributed by atoms with Crippen LogP contribution in [0.25, 0.3) is 0 Å². The third kappa shape index (κ3) is 3.88. The molecule has 0 saturated carbocycles. The molecule has 2 nitrogen and oxygen atoms in total. The number of rotatable bonds is 5. The largest absolute Gasteiger partial charge is 0.494 e. The maximum atomic E-state index is 14.2. The van der Waals surface area contributed by atoms with Crippen LogP contribution in [-0.4, -0.2) is 14.2 Å². The molecule has 0 heterocycles. The van der Waals surface area contributed by atoms with Crippen molar-refractivity contribution < 1.29 is 9.13 Å². The fourth-order valence-corrected chi connectivity index (χ4v) is 2.80. The Labute approximate surface area is 133 Å². The van der Waals surface area contributed by atoms with Gasteiger partial charge in [-0.25, -0.2) is 4.39 Å². The summed E-state index contributed by atoms with van der Waals surface area (Å²) in [5.41, 5.74) is 1.49. The van der Waals surface area contributed by atoms with Gasteiger partial charge < -0.3 is 10.1 Å². The van der Waals surface area contributed by atoms with E-state index in [9.17, 15) is 4.39 Å². The molecule has 2 rings (SSSR count). The van der Waals surface area contributed by atoms with Gasteiger partial charge in [-0.15, -0.1) is 0 Å². The fourth-order valence-electron chi connectivity index (χ4n) is 2.25. The Morgan fingerprint density at radius 2 is 1.86 bits per heavy atom. The van der Waals surface area contributed by atoms with Crippen LogP contribution in [-0.2, 0) is 6.42 Å². The van der Waals surface area contributed by atoms with Crippen LogP contribution >= 0.6 is 23.2 Å². The predicted octanol–water partition coefficient (Wildman–Crippen LogP) is 4.64. The molecule has 2 aromatic rings. The summed E-state index contributed by atoms with van der Waals surface area (Å²) in [7, 11) is 3.27. The Morgan fingerprint density at radius 3 is 2.43 bits per heavy atom. The Balaban J connectivity index is 2.31. The van der Waals surface area contributed by atoms with Gasteiger partial charge in [0.05, 0.1) is 7.11 Å². The first-order valence-electron chi connectivity index (χ1n) is 6.49. The molecule has 0 aliphatic carbocycles. The minimum atomic E-state index is -0.339. The highest BCUT2D eigenvalue weighted by atomic mass is 35.5. The SMILES string of the molecule is CNC(Cc1cccc(OC)c1F)c1cc(Cl)cc(Cl)c1. The van der Waals surface area contributed by atoms with Crippen molar-refractivity contribution in [1.29, 1.82) is 0 Å². The zero-order valence-electron chi connectivity index (χ0n) is 11.8. The van der Waals surface area contributed by atoms with Crippen LogP contribution < -0.4 is 10.1 Å². The number of benzene rings is 2. The predicted molar refractivity (Wildman–Crippen MR) is 84.9 cm³/mol. The molecule has 0 aliphatic rings. The molecule has 1 unspecified atom stereocenters. The zero-order chi connectivity index (χ0) is 15.4. The van der Waals surface area contributed by atoms with E-state index in [0.717, 1.165) is 5.56 Å². The lowest BCUT2D eigenvalue weighted by molar-refractivity contribution is 0.383. The van der Waals surface area contributed by atoms with E-state index in [2.05, 4.69) is 5.32 Å². The molecule has 0 fully saturated rings. The van der Waals surface area contributed by atoms with Crippen molar-refractivity contribution in [2.45, 2.75) is 12.5 Å². The van der Waals surface area contributed by atoms with Crippen LogP contribution in [0.3, 0.4) is 0 Å². The maximum Gasteiger partial charge on any atom is 0.168 e. The van der Waals surface area contributed by atoms with Gasteiger partial charge in [0.2, 0.25) is 0 Å². The molecule has 0 bridgehead atoms. The van der Waals surface area contributed by atoms with E-state index in [1.807, 2.05) is 19.2 Å². The number of hydrogen-bond donors (Lipinski definition) is 1. The Hall–Kier alpha value is -1.29. The molecule has 0 aliphatic heterocycles. The van der Waals surface area contributed by atoms with Crippen LogP contribution in [0.15, 0.2) is 36.4 Å². The van der Waals surface area contributed by atoms with E-state index >= 15 is 0 Å². The van der Waals surface area contributed by atoms with E-state index in [1.165, 1.54) is 7.11 Å². The number of halogens is 3. The number of ether oxygens (including phenoxy) is 1. The van der Waals surface area contributed by atoms with Crippen molar-refractivity contribution >= 4 is 23.2 Å². The van der Waals surface area contributed by atoms with Crippen molar-refractivity contribution in [3.8, 4) is 5.75 Å². The highest BCUT2D eigenvalue weighted by Crippen LogP contribution is 2.28. The molecule has 0 amide bonds. The molecule has 5 heteroatoms. The van der Waals surface area contributed by atoms with Gasteiger partial charge in [0.15, 0.2) is 11.6 Å². The molecule has 2 aromatic carbocycles. The minimum Gasteiger partial charge on any atom is -0.494 e. The molecule has 0 radical (unpaired) electrons. The highest BCUT2D eigenvalue weighted by molar-refractivity contribution is 6.34. The fraction of sp³-hybridized carbons (Fsp3) is 0.250. The summed E-state index contributed by atoms with van der Waals surface area (Å²) in [6.45, 7) is 0. The Kier molecular flexibility index (Phi) is 5.45. The monoisotopic (exact) mass is 327 g/mol. The second-order valence-corrected chi connectivity index (χ2v) is 5.55. The number of hydrogen-bond acceptors (Lipinski definition) is 2. The number of methoxy groups -OCH3 is 1. The second kappa shape index (κ2) is 7.12. The quantitative estimate of drug-likeness (QED) is 0.863. The van der Waals surface area contributed by atoms with Gasteiger partial charge in [-0.2, -0.15) is 0 Å². The molecule has 1 N–H and O–H groups in total. The van der Waals surface area contributed by atoms with E-state index in [1.54, 1.807) is 24.3 Å². The number of likely N-dealkylation sites (N-methyl/N-ethyl adjacent to an activating group) is 1. The van der Waals surface area contributed by atoms with Crippen molar-refractivity contribution in [1.82, 2.24) is 5.32 Å². The van der Waals surface area contributed by atoms with Crippen LogP contribution in [0.2, 0.25) is 10.0 Å². The van der Waals surface area contributed by atoms with Crippen LogP contribution in [0.1, 0.15) is 17.2 Å². The smallest absolute Gasteiger partial charge is 0.168 e. The molecular weight excluding hydrogens is 312 g/mol. The summed E-state index contributed by atoms with van der Waals surface area (Å²) in [5, 5.41) is 4.28. The van der Waals surface area contributed by atoms with E-state index in [0.29, 0.717) is 22.0 Å². The van der Waals surface area contributed by atoms with Gasteiger partial charge in [-0.05, 0) is 48.9 Å². The molecular formula is C16H16Cl2FNO. The first-order chi connectivity index (χ1) is 10.0. The lowest BCUT2D eigenvalue weighted by Crippen LogP contribution is -2.19. The lowest BCUT2D eigenvalue weighted by atomic mass is 9.98. The molecule has 0 aromatic heterocycles. The van der Waals surface area contributed by atoms with Gasteiger partial charge in [-0.3, -0.25) is 0 Å². The van der Waals surface area contributed by atoms with Crippen LogP contribution in [0.4, 0.5) is 4.39 Å². The standard InChI is InChI=1S/C16H16Cl2FNO/c1-20-14(11-6-12(17)9-13(18)7-11)8-10-4-3-5-15(21-2)16(10)19/h3-7,9,14,20H,8H2,1-2H3. The Morgan fingerprint density at radius 1 is 1.19 bits per heavy atom. The number of nitrogens with one attached hydrogen (secondary N) is 1. The third-order valence-electron chi connectivity index (χ3n) is 3.32. The van der Waals surface area contributed by atoms with Gasteiger partial charge in [0.25, 0.3) is 0 Å². The molecule has 112 valence electrons. The summed E-state index contributed by atoms with van der Waals surface area (Å²) in [5.74, 6) is -0.0974. The summed E-state index contributed by atoms with van der Waals surface area (Å²) in [6.07, 6.45) is 0.468. The summed E-state index contributed by atoms with van der Waals surface area (Å²) in [4.78, 5) is 0. The maximum absolute atomic E-state index is 14.2. The van der Waals surface area contributed by atoms with Crippen molar-refractivity contribution in [2.24, 2.45) is 0 Å². The van der Waals surface area contributed by atoms with Crippen LogP contribution in [0.5, 0.6) is 5.75 Å². The summed E-state index contributed by atoms with van der Waals surface area (Å²) < 4.78 is 19.2. The minimum absolute atomic E-state index is 0.0946.